The summed E-state index contributed by atoms with van der Waals surface area (Å²) in [6.45, 7) is 17.3. The Morgan fingerprint density at radius 1 is 1.03 bits per heavy atom. The SMILES string of the molecule is C/C=C/CC.CCCCCC(CCC)c1cccc(C)c1C.CCn1nc(CNC)c2c1CCC2. The second-order valence-electron chi connectivity index (χ2n) is 9.82. The van der Waals surface area contributed by atoms with Gasteiger partial charge in [0.1, 0.15) is 0 Å². The van der Waals surface area contributed by atoms with Crippen molar-refractivity contribution in [2.24, 2.45) is 0 Å². The highest BCUT2D eigenvalue weighted by atomic mass is 15.3. The maximum Gasteiger partial charge on any atom is 0.0797 e. The van der Waals surface area contributed by atoms with Crippen LogP contribution in [0.1, 0.15) is 126 Å². The molecule has 1 N–H and O–H groups in total. The molecule has 35 heavy (non-hydrogen) atoms. The highest BCUT2D eigenvalue weighted by molar-refractivity contribution is 5.35. The Morgan fingerprint density at radius 2 is 1.80 bits per heavy atom. The smallest absolute Gasteiger partial charge is 0.0797 e. The van der Waals surface area contributed by atoms with Crippen LogP contribution in [0.2, 0.25) is 0 Å². The number of aryl methyl sites for hydroxylation is 2. The number of benzene rings is 1. The van der Waals surface area contributed by atoms with E-state index in [-0.39, 0.29) is 0 Å². The van der Waals surface area contributed by atoms with E-state index in [0.29, 0.717) is 0 Å². The number of aromatic nitrogens is 2. The first-order chi connectivity index (χ1) is 17.0. The van der Waals surface area contributed by atoms with Gasteiger partial charge in [-0.15, -0.1) is 0 Å². The third kappa shape index (κ3) is 10.3. The molecular weight excluding hydrogens is 426 g/mol. The van der Waals surface area contributed by atoms with Gasteiger partial charge in [-0.25, -0.2) is 0 Å². The van der Waals surface area contributed by atoms with Crippen molar-refractivity contribution in [1.29, 1.82) is 0 Å². The Morgan fingerprint density at radius 3 is 2.37 bits per heavy atom. The molecular formula is C32H55N3. The van der Waals surface area contributed by atoms with Crippen molar-refractivity contribution < 1.29 is 0 Å². The van der Waals surface area contributed by atoms with Crippen LogP contribution >= 0.6 is 0 Å². The van der Waals surface area contributed by atoms with Crippen LogP contribution in [0.25, 0.3) is 0 Å². The van der Waals surface area contributed by atoms with E-state index in [2.05, 4.69) is 87.0 Å². The average Bonchev–Trinajstić information content (AvgIpc) is 3.46. The third-order valence-electron chi connectivity index (χ3n) is 7.08. The summed E-state index contributed by atoms with van der Waals surface area (Å²) in [7, 11) is 1.98. The summed E-state index contributed by atoms with van der Waals surface area (Å²) in [5, 5.41) is 7.77. The normalized spacial score (nSPS) is 13.1. The molecule has 198 valence electrons. The molecule has 3 heteroatoms. The highest BCUT2D eigenvalue weighted by Gasteiger charge is 2.20. The van der Waals surface area contributed by atoms with E-state index in [1.807, 2.05) is 14.0 Å². The van der Waals surface area contributed by atoms with Crippen LogP contribution in [0.15, 0.2) is 30.4 Å². The summed E-state index contributed by atoms with van der Waals surface area (Å²) in [6.07, 6.45) is 17.2. The van der Waals surface area contributed by atoms with Crippen molar-refractivity contribution in [2.75, 3.05) is 7.05 Å². The monoisotopic (exact) mass is 481 g/mol. The molecule has 3 nitrogen and oxygen atoms in total. The van der Waals surface area contributed by atoms with E-state index >= 15 is 0 Å². The number of fused-ring (bicyclic) bond motifs is 1. The van der Waals surface area contributed by atoms with Gasteiger partial charge in [-0.05, 0) is 101 Å². The van der Waals surface area contributed by atoms with E-state index in [1.54, 1.807) is 5.56 Å². The number of nitrogens with one attached hydrogen (secondary N) is 1. The highest BCUT2D eigenvalue weighted by Crippen LogP contribution is 2.30. The number of unbranched alkanes of at least 4 members (excludes halogenated alkanes) is 2. The Labute approximate surface area is 217 Å². The molecule has 0 spiro atoms. The molecule has 0 fully saturated rings. The van der Waals surface area contributed by atoms with E-state index in [9.17, 15) is 0 Å². The Kier molecular flexibility index (Phi) is 16.4. The van der Waals surface area contributed by atoms with E-state index in [4.69, 9.17) is 0 Å². The van der Waals surface area contributed by atoms with Crippen molar-refractivity contribution in [3.8, 4) is 0 Å². The minimum Gasteiger partial charge on any atom is -0.314 e. The fourth-order valence-electron chi connectivity index (χ4n) is 5.06. The lowest BCUT2D eigenvalue weighted by molar-refractivity contribution is 0.527. The van der Waals surface area contributed by atoms with E-state index in [1.165, 1.54) is 85.9 Å². The summed E-state index contributed by atoms with van der Waals surface area (Å²) >= 11 is 0. The van der Waals surface area contributed by atoms with Crippen LogP contribution in [0.5, 0.6) is 0 Å². The number of allylic oxidation sites excluding steroid dienone is 2. The van der Waals surface area contributed by atoms with Gasteiger partial charge in [-0.3, -0.25) is 4.68 Å². The molecule has 1 aromatic heterocycles. The van der Waals surface area contributed by atoms with E-state index < -0.39 is 0 Å². The molecule has 1 atom stereocenters. The quantitative estimate of drug-likeness (QED) is 0.256. The molecule has 0 aliphatic heterocycles. The number of nitrogens with zero attached hydrogens (tertiary/aromatic N) is 2. The summed E-state index contributed by atoms with van der Waals surface area (Å²) < 4.78 is 2.16. The molecule has 2 aromatic rings. The van der Waals surface area contributed by atoms with Crippen molar-refractivity contribution >= 4 is 0 Å². The molecule has 1 aliphatic carbocycles. The maximum absolute atomic E-state index is 4.59. The molecule has 1 heterocycles. The first kappa shape index (κ1) is 31.2. The number of rotatable bonds is 11. The molecule has 0 amide bonds. The lowest BCUT2D eigenvalue weighted by Crippen LogP contribution is -2.08. The van der Waals surface area contributed by atoms with Crippen molar-refractivity contribution in [1.82, 2.24) is 15.1 Å². The Balaban J connectivity index is 0.000000300. The molecule has 0 bridgehead atoms. The third-order valence-corrected chi connectivity index (χ3v) is 7.08. The largest absolute Gasteiger partial charge is 0.314 e. The molecule has 0 saturated heterocycles. The lowest BCUT2D eigenvalue weighted by atomic mass is 9.85. The summed E-state index contributed by atoms with van der Waals surface area (Å²) in [6, 6.07) is 6.79. The van der Waals surface area contributed by atoms with Crippen LogP contribution < -0.4 is 5.32 Å². The van der Waals surface area contributed by atoms with Crippen LogP contribution in [0.3, 0.4) is 0 Å². The Hall–Kier alpha value is -1.87. The Bertz CT molecular complexity index is 847. The van der Waals surface area contributed by atoms with Gasteiger partial charge in [0, 0.05) is 18.8 Å². The second kappa shape index (κ2) is 18.4. The van der Waals surface area contributed by atoms with Gasteiger partial charge in [-0.2, -0.15) is 5.10 Å². The predicted molar refractivity (Wildman–Crippen MR) is 156 cm³/mol. The van der Waals surface area contributed by atoms with Crippen LogP contribution in [0, 0.1) is 13.8 Å². The van der Waals surface area contributed by atoms with Crippen molar-refractivity contribution in [3.63, 3.8) is 0 Å². The van der Waals surface area contributed by atoms with Gasteiger partial charge in [0.15, 0.2) is 0 Å². The zero-order valence-electron chi connectivity index (χ0n) is 24.3. The van der Waals surface area contributed by atoms with Crippen LogP contribution in [-0.4, -0.2) is 16.8 Å². The molecule has 1 unspecified atom stereocenters. The fraction of sp³-hybridized carbons (Fsp3) is 0.656. The average molecular weight is 482 g/mol. The van der Waals surface area contributed by atoms with Crippen molar-refractivity contribution in [2.45, 2.75) is 132 Å². The van der Waals surface area contributed by atoms with Crippen molar-refractivity contribution in [3.05, 3.63) is 64.0 Å². The summed E-state index contributed by atoms with van der Waals surface area (Å²) in [4.78, 5) is 0. The minimum absolute atomic E-state index is 0.784. The number of hydrogen-bond donors (Lipinski definition) is 1. The first-order valence-corrected chi connectivity index (χ1v) is 14.4. The topological polar surface area (TPSA) is 29.9 Å². The lowest BCUT2D eigenvalue weighted by Gasteiger charge is -2.20. The molecule has 0 radical (unpaired) electrons. The number of hydrogen-bond acceptors (Lipinski definition) is 2. The van der Waals surface area contributed by atoms with Gasteiger partial charge in [-0.1, -0.05) is 76.8 Å². The zero-order chi connectivity index (χ0) is 26.1. The molecule has 3 rings (SSSR count). The second-order valence-corrected chi connectivity index (χ2v) is 9.82. The minimum atomic E-state index is 0.784. The standard InChI is InChI=1S/C17H28.C10H17N3.C5H10/c1-5-7-8-12-16(10-6-2)17-13-9-11-14(3)15(17)4;1-3-13-10-6-4-5-8(10)9(12-13)7-11-2;1-3-5-4-2/h9,11,13,16H,5-8,10,12H2,1-4H3;11H,3-7H2,1-2H3;3,5H,4H2,1-2H3/b;;5-3+. The van der Waals surface area contributed by atoms with Gasteiger partial charge >= 0.3 is 0 Å². The van der Waals surface area contributed by atoms with Gasteiger partial charge in [0.25, 0.3) is 0 Å². The van der Waals surface area contributed by atoms with Crippen LogP contribution in [-0.2, 0) is 25.9 Å². The fourth-order valence-corrected chi connectivity index (χ4v) is 5.06. The van der Waals surface area contributed by atoms with Gasteiger partial charge in [0.2, 0.25) is 0 Å². The predicted octanol–water partition coefficient (Wildman–Crippen LogP) is 8.85. The molecule has 1 aromatic carbocycles. The first-order valence-electron chi connectivity index (χ1n) is 14.4. The van der Waals surface area contributed by atoms with Crippen LogP contribution in [0.4, 0.5) is 0 Å². The zero-order valence-corrected chi connectivity index (χ0v) is 24.3. The maximum atomic E-state index is 4.59. The van der Waals surface area contributed by atoms with Gasteiger partial charge < -0.3 is 5.32 Å². The summed E-state index contributed by atoms with van der Waals surface area (Å²) in [5.41, 5.74) is 8.81. The van der Waals surface area contributed by atoms with Gasteiger partial charge in [0.05, 0.1) is 5.69 Å². The van der Waals surface area contributed by atoms with E-state index in [0.717, 1.165) is 25.4 Å². The molecule has 1 aliphatic rings. The summed E-state index contributed by atoms with van der Waals surface area (Å²) in [5.74, 6) is 0.784. The molecule has 0 saturated carbocycles.